The SMILES string of the molecule is O=C(C[C@H]1CN(C(=O)c2cc3ccccc3[nH]2)Cc2ccnn21)NCc1cccs1. The van der Waals surface area contributed by atoms with Crippen molar-refractivity contribution in [3.05, 3.63) is 76.4 Å². The number of aromatic amines is 1. The fourth-order valence-electron chi connectivity index (χ4n) is 3.94. The number of fused-ring (bicyclic) bond motifs is 2. The molecule has 0 radical (unpaired) electrons. The van der Waals surface area contributed by atoms with E-state index in [1.165, 1.54) is 0 Å². The van der Waals surface area contributed by atoms with Gasteiger partial charge >= 0.3 is 0 Å². The van der Waals surface area contributed by atoms with Crippen LogP contribution in [0.2, 0.25) is 0 Å². The summed E-state index contributed by atoms with van der Waals surface area (Å²) < 4.78 is 1.87. The lowest BCUT2D eigenvalue weighted by molar-refractivity contribution is -0.122. The molecular formula is C22H21N5O2S. The van der Waals surface area contributed by atoms with Crippen LogP contribution in [0.25, 0.3) is 10.9 Å². The Morgan fingerprint density at radius 3 is 2.93 bits per heavy atom. The highest BCUT2D eigenvalue weighted by Gasteiger charge is 2.31. The number of benzene rings is 1. The van der Waals surface area contributed by atoms with Gasteiger partial charge in [0.25, 0.3) is 5.91 Å². The van der Waals surface area contributed by atoms with Crippen molar-refractivity contribution in [2.24, 2.45) is 0 Å². The van der Waals surface area contributed by atoms with Crippen molar-refractivity contribution in [3.63, 3.8) is 0 Å². The van der Waals surface area contributed by atoms with E-state index in [-0.39, 0.29) is 24.3 Å². The maximum atomic E-state index is 13.2. The van der Waals surface area contributed by atoms with Crippen molar-refractivity contribution in [1.29, 1.82) is 0 Å². The Morgan fingerprint density at radius 2 is 2.10 bits per heavy atom. The van der Waals surface area contributed by atoms with Gasteiger partial charge in [0.05, 0.1) is 31.2 Å². The molecule has 5 rings (SSSR count). The van der Waals surface area contributed by atoms with Crippen LogP contribution < -0.4 is 5.32 Å². The van der Waals surface area contributed by atoms with Crippen LogP contribution in [0, 0.1) is 0 Å². The summed E-state index contributed by atoms with van der Waals surface area (Å²) in [7, 11) is 0. The molecule has 0 bridgehead atoms. The van der Waals surface area contributed by atoms with Gasteiger partial charge in [-0.05, 0) is 29.6 Å². The largest absolute Gasteiger partial charge is 0.351 e. The molecule has 2 N–H and O–H groups in total. The fourth-order valence-corrected chi connectivity index (χ4v) is 4.58. The highest BCUT2D eigenvalue weighted by Crippen LogP contribution is 2.25. The van der Waals surface area contributed by atoms with Gasteiger partial charge in [-0.3, -0.25) is 14.3 Å². The maximum Gasteiger partial charge on any atom is 0.270 e. The molecule has 3 aromatic heterocycles. The minimum atomic E-state index is -0.194. The molecule has 0 unspecified atom stereocenters. The number of hydrogen-bond donors (Lipinski definition) is 2. The molecule has 8 heteroatoms. The molecule has 0 fully saturated rings. The maximum absolute atomic E-state index is 13.2. The first-order valence-corrected chi connectivity index (χ1v) is 10.7. The second-order valence-corrected chi connectivity index (χ2v) is 8.47. The molecule has 7 nitrogen and oxygen atoms in total. The summed E-state index contributed by atoms with van der Waals surface area (Å²) in [5.74, 6) is -0.114. The predicted molar refractivity (Wildman–Crippen MR) is 115 cm³/mol. The third kappa shape index (κ3) is 3.61. The number of nitrogens with one attached hydrogen (secondary N) is 2. The third-order valence-corrected chi connectivity index (χ3v) is 6.27. The normalized spacial score (nSPS) is 15.9. The molecule has 1 aromatic carbocycles. The molecule has 0 saturated carbocycles. The van der Waals surface area contributed by atoms with Crippen LogP contribution in [0.5, 0.6) is 0 Å². The zero-order valence-corrected chi connectivity index (χ0v) is 17.1. The molecule has 0 aliphatic carbocycles. The Hall–Kier alpha value is -3.39. The first kappa shape index (κ1) is 18.6. The lowest BCUT2D eigenvalue weighted by Crippen LogP contribution is -2.43. The van der Waals surface area contributed by atoms with Crippen molar-refractivity contribution in [2.45, 2.75) is 25.6 Å². The quantitative estimate of drug-likeness (QED) is 0.521. The van der Waals surface area contributed by atoms with Gasteiger partial charge in [-0.15, -0.1) is 11.3 Å². The summed E-state index contributed by atoms with van der Waals surface area (Å²) in [6, 6.07) is 15.4. The summed E-state index contributed by atoms with van der Waals surface area (Å²) in [6.07, 6.45) is 2.00. The molecule has 30 heavy (non-hydrogen) atoms. The van der Waals surface area contributed by atoms with Crippen LogP contribution in [0.1, 0.15) is 33.5 Å². The summed E-state index contributed by atoms with van der Waals surface area (Å²) in [6.45, 7) is 1.43. The molecule has 1 atom stereocenters. The number of amides is 2. The van der Waals surface area contributed by atoms with Gasteiger partial charge in [-0.2, -0.15) is 5.10 Å². The van der Waals surface area contributed by atoms with E-state index >= 15 is 0 Å². The van der Waals surface area contributed by atoms with Crippen molar-refractivity contribution < 1.29 is 9.59 Å². The van der Waals surface area contributed by atoms with E-state index in [0.29, 0.717) is 25.3 Å². The zero-order valence-electron chi connectivity index (χ0n) is 16.2. The van der Waals surface area contributed by atoms with E-state index in [4.69, 9.17) is 0 Å². The topological polar surface area (TPSA) is 83.0 Å². The Balaban J connectivity index is 1.31. The highest BCUT2D eigenvalue weighted by atomic mass is 32.1. The summed E-state index contributed by atoms with van der Waals surface area (Å²) in [5.41, 5.74) is 2.43. The van der Waals surface area contributed by atoms with E-state index < -0.39 is 0 Å². The first-order valence-electron chi connectivity index (χ1n) is 9.86. The number of hydrogen-bond acceptors (Lipinski definition) is 4. The molecule has 0 spiro atoms. The van der Waals surface area contributed by atoms with Gasteiger partial charge in [0.15, 0.2) is 0 Å². The minimum Gasteiger partial charge on any atom is -0.351 e. The summed E-state index contributed by atoms with van der Waals surface area (Å²) in [5, 5.41) is 10.4. The van der Waals surface area contributed by atoms with Crippen LogP contribution in [-0.2, 0) is 17.9 Å². The van der Waals surface area contributed by atoms with Crippen LogP contribution >= 0.6 is 11.3 Å². The Morgan fingerprint density at radius 1 is 1.20 bits per heavy atom. The minimum absolute atomic E-state index is 0.0465. The van der Waals surface area contributed by atoms with Gasteiger partial charge in [0.1, 0.15) is 5.69 Å². The average molecular weight is 420 g/mol. The van der Waals surface area contributed by atoms with E-state index in [9.17, 15) is 9.59 Å². The van der Waals surface area contributed by atoms with E-state index in [0.717, 1.165) is 21.5 Å². The number of carbonyl (C=O) groups is 2. The first-order chi connectivity index (χ1) is 14.7. The van der Waals surface area contributed by atoms with Gasteiger partial charge in [0, 0.05) is 28.5 Å². The third-order valence-electron chi connectivity index (χ3n) is 5.39. The van der Waals surface area contributed by atoms with E-state index in [1.54, 1.807) is 22.4 Å². The van der Waals surface area contributed by atoms with Crippen molar-refractivity contribution in [2.75, 3.05) is 6.54 Å². The Bertz CT molecular complexity index is 1160. The number of nitrogens with zero attached hydrogens (tertiary/aromatic N) is 3. The van der Waals surface area contributed by atoms with Crippen molar-refractivity contribution in [1.82, 2.24) is 25.0 Å². The van der Waals surface area contributed by atoms with Crippen LogP contribution in [0.4, 0.5) is 0 Å². The zero-order chi connectivity index (χ0) is 20.5. The Kier molecular flexibility index (Phi) is 4.84. The Labute approximate surface area is 177 Å². The van der Waals surface area contributed by atoms with Gasteiger partial charge in [-0.1, -0.05) is 24.3 Å². The second-order valence-electron chi connectivity index (χ2n) is 7.44. The molecule has 4 heterocycles. The second kappa shape index (κ2) is 7.79. The van der Waals surface area contributed by atoms with Crippen LogP contribution in [0.3, 0.4) is 0 Å². The smallest absolute Gasteiger partial charge is 0.270 e. The average Bonchev–Trinajstić information content (AvgIpc) is 3.51. The van der Waals surface area contributed by atoms with E-state index in [1.807, 2.05) is 58.6 Å². The molecule has 152 valence electrons. The van der Waals surface area contributed by atoms with Gasteiger partial charge in [-0.25, -0.2) is 0 Å². The molecule has 1 aliphatic rings. The molecule has 0 saturated heterocycles. The molecule has 2 amide bonds. The van der Waals surface area contributed by atoms with E-state index in [2.05, 4.69) is 15.4 Å². The van der Waals surface area contributed by atoms with Gasteiger partial charge in [0.2, 0.25) is 5.91 Å². The summed E-state index contributed by atoms with van der Waals surface area (Å²) in [4.78, 5) is 31.8. The number of aromatic nitrogens is 3. The standard InChI is InChI=1S/C22H21N5O2S/c28-21(23-12-18-5-3-9-30-18)11-17-14-26(13-16-7-8-24-27(16)17)22(29)20-10-15-4-1-2-6-19(15)25-20/h1-10,17,25H,11-14H2,(H,23,28)/t17-/m0/s1. The van der Waals surface area contributed by atoms with Crippen LogP contribution in [0.15, 0.2) is 60.1 Å². The van der Waals surface area contributed by atoms with Crippen LogP contribution in [-0.4, -0.2) is 38.0 Å². The molecular weight excluding hydrogens is 398 g/mol. The number of H-pyrrole nitrogens is 1. The number of rotatable bonds is 5. The van der Waals surface area contributed by atoms with Crippen molar-refractivity contribution in [3.8, 4) is 0 Å². The molecule has 4 aromatic rings. The number of para-hydroxylation sites is 1. The molecule has 1 aliphatic heterocycles. The summed E-state index contributed by atoms with van der Waals surface area (Å²) >= 11 is 1.62. The van der Waals surface area contributed by atoms with Gasteiger partial charge < -0.3 is 15.2 Å². The predicted octanol–water partition coefficient (Wildman–Crippen LogP) is 3.33. The monoisotopic (exact) mass is 419 g/mol. The lowest BCUT2D eigenvalue weighted by Gasteiger charge is -2.33. The number of thiophene rings is 1. The van der Waals surface area contributed by atoms with Crippen molar-refractivity contribution >= 4 is 34.1 Å². The highest BCUT2D eigenvalue weighted by molar-refractivity contribution is 7.09. The lowest BCUT2D eigenvalue weighted by atomic mass is 10.1. The fraction of sp³-hybridized carbons (Fsp3) is 0.227. The number of carbonyl (C=O) groups excluding carboxylic acids is 2.